The van der Waals surface area contributed by atoms with Crippen molar-refractivity contribution in [2.45, 2.75) is 13.8 Å². The second-order valence-electron chi connectivity index (χ2n) is 6.04. The van der Waals surface area contributed by atoms with Crippen molar-refractivity contribution in [3.63, 3.8) is 0 Å². The quantitative estimate of drug-likeness (QED) is 0.608. The first-order valence-corrected chi connectivity index (χ1v) is 9.00. The fourth-order valence-corrected chi connectivity index (χ4v) is 2.85. The lowest BCUT2D eigenvalue weighted by atomic mass is 10.1. The van der Waals surface area contributed by atoms with E-state index >= 15 is 0 Å². The topological polar surface area (TPSA) is 121 Å². The third-order valence-corrected chi connectivity index (χ3v) is 4.60. The summed E-state index contributed by atoms with van der Waals surface area (Å²) < 4.78 is 6.32. The molecule has 1 aromatic heterocycles. The fraction of sp³-hybridized carbons (Fsp3) is 0.100. The van der Waals surface area contributed by atoms with Gasteiger partial charge in [0.15, 0.2) is 0 Å². The number of halogens is 1. The van der Waals surface area contributed by atoms with Crippen molar-refractivity contribution in [1.29, 1.82) is 10.5 Å². The Hall–Kier alpha value is -3.62. The van der Waals surface area contributed by atoms with Crippen molar-refractivity contribution in [3.05, 3.63) is 63.1 Å². The Morgan fingerprint density at radius 3 is 2.43 bits per heavy atom. The average molecular weight is 435 g/mol. The van der Waals surface area contributed by atoms with Crippen LogP contribution in [0.3, 0.4) is 0 Å². The molecule has 3 N–H and O–H groups in total. The Balaban J connectivity index is 1.97. The molecule has 8 heteroatoms. The van der Waals surface area contributed by atoms with Gasteiger partial charge in [-0.15, -0.1) is 0 Å². The number of nitrogens with one attached hydrogen (secondary N) is 1. The zero-order valence-corrected chi connectivity index (χ0v) is 16.7. The summed E-state index contributed by atoms with van der Waals surface area (Å²) in [4.78, 5) is 8.55. The van der Waals surface area contributed by atoms with Crippen molar-refractivity contribution in [2.75, 3.05) is 11.1 Å². The van der Waals surface area contributed by atoms with Crippen LogP contribution in [0, 0.1) is 36.5 Å². The van der Waals surface area contributed by atoms with Crippen molar-refractivity contribution >= 4 is 33.4 Å². The van der Waals surface area contributed by atoms with E-state index in [2.05, 4.69) is 43.4 Å². The first-order chi connectivity index (χ1) is 13.4. The van der Waals surface area contributed by atoms with Gasteiger partial charge >= 0.3 is 0 Å². The Bertz CT molecular complexity index is 1130. The van der Waals surface area contributed by atoms with E-state index < -0.39 is 0 Å². The van der Waals surface area contributed by atoms with Crippen LogP contribution in [-0.2, 0) is 0 Å². The molecule has 138 valence electrons. The average Bonchev–Trinajstić information content (AvgIpc) is 2.67. The Labute approximate surface area is 170 Å². The molecule has 0 aliphatic carbocycles. The maximum atomic E-state index is 9.43. The Morgan fingerprint density at radius 1 is 1.07 bits per heavy atom. The van der Waals surface area contributed by atoms with Crippen LogP contribution in [0.15, 0.2) is 40.9 Å². The summed E-state index contributed by atoms with van der Waals surface area (Å²) in [6.07, 6.45) is 0. The molecule has 3 rings (SSSR count). The third kappa shape index (κ3) is 4.03. The van der Waals surface area contributed by atoms with E-state index in [1.165, 1.54) is 0 Å². The molecule has 2 aromatic carbocycles. The number of nitrogen functional groups attached to an aromatic ring is 1. The molecule has 0 saturated carbocycles. The predicted molar refractivity (Wildman–Crippen MR) is 109 cm³/mol. The zero-order valence-electron chi connectivity index (χ0n) is 15.1. The monoisotopic (exact) mass is 434 g/mol. The van der Waals surface area contributed by atoms with Crippen LogP contribution in [0.1, 0.15) is 22.3 Å². The second kappa shape index (κ2) is 7.95. The molecule has 0 fully saturated rings. The summed E-state index contributed by atoms with van der Waals surface area (Å²) in [5, 5.41) is 21.3. The highest BCUT2D eigenvalue weighted by Crippen LogP contribution is 2.36. The van der Waals surface area contributed by atoms with Gasteiger partial charge in [0.25, 0.3) is 0 Å². The van der Waals surface area contributed by atoms with Crippen LogP contribution in [0.4, 0.5) is 17.5 Å². The number of nitrogens with zero attached hydrogens (tertiary/aromatic N) is 4. The molecule has 28 heavy (non-hydrogen) atoms. The van der Waals surface area contributed by atoms with E-state index in [1.807, 2.05) is 19.9 Å². The van der Waals surface area contributed by atoms with Crippen LogP contribution in [0.25, 0.3) is 0 Å². The number of benzene rings is 2. The minimum Gasteiger partial charge on any atom is -0.436 e. The summed E-state index contributed by atoms with van der Waals surface area (Å²) in [5.74, 6) is 1.01. The molecule has 0 amide bonds. The lowest BCUT2D eigenvalue weighted by Gasteiger charge is -2.14. The number of ether oxygens (including phenoxy) is 1. The van der Waals surface area contributed by atoms with Gasteiger partial charge in [-0.05, 0) is 71.2 Å². The maximum Gasteiger partial charge on any atom is 0.240 e. The highest BCUT2D eigenvalue weighted by atomic mass is 79.9. The molecule has 0 unspecified atom stereocenters. The molecule has 0 aliphatic rings. The summed E-state index contributed by atoms with van der Waals surface area (Å²) in [6, 6.07) is 14.7. The second-order valence-corrected chi connectivity index (χ2v) is 6.83. The molecule has 1 heterocycles. The molecule has 0 atom stereocenters. The number of anilines is 3. The first-order valence-electron chi connectivity index (χ1n) is 8.20. The third-order valence-electron chi connectivity index (χ3n) is 3.85. The van der Waals surface area contributed by atoms with Gasteiger partial charge in [-0.25, -0.2) is 0 Å². The molecular formula is C20H15BrN6O. The summed E-state index contributed by atoms with van der Waals surface area (Å²) >= 11 is 3.34. The van der Waals surface area contributed by atoms with E-state index in [9.17, 15) is 5.26 Å². The predicted octanol–water partition coefficient (Wildman–Crippen LogP) is 4.72. The number of nitriles is 2. The van der Waals surface area contributed by atoms with Crippen molar-refractivity contribution < 1.29 is 4.74 Å². The molecule has 0 aliphatic heterocycles. The molecule has 0 spiro atoms. The van der Waals surface area contributed by atoms with E-state index in [0.29, 0.717) is 27.0 Å². The standard InChI is InChI=1S/C20H15BrN6O/c1-11-7-12(2)17(14(8-11)10-23)28-19-16(21)18(24)26-20(27-19)25-15-5-3-13(9-22)4-6-15/h3-8H,1-2H3,(H3,24,25,26,27). The van der Waals surface area contributed by atoms with Gasteiger partial charge in [0.1, 0.15) is 22.1 Å². The minimum absolute atomic E-state index is 0.185. The van der Waals surface area contributed by atoms with Gasteiger partial charge < -0.3 is 15.8 Å². The number of aryl methyl sites for hydroxylation is 2. The first kappa shape index (κ1) is 19.2. The zero-order chi connectivity index (χ0) is 20.3. The van der Waals surface area contributed by atoms with E-state index in [-0.39, 0.29) is 17.6 Å². The number of hydrogen-bond donors (Lipinski definition) is 2. The normalized spacial score (nSPS) is 10.0. The molecular weight excluding hydrogens is 420 g/mol. The molecule has 0 bridgehead atoms. The smallest absolute Gasteiger partial charge is 0.240 e. The van der Waals surface area contributed by atoms with Crippen LogP contribution < -0.4 is 15.8 Å². The molecule has 3 aromatic rings. The van der Waals surface area contributed by atoms with Gasteiger partial charge in [0.2, 0.25) is 11.8 Å². The Morgan fingerprint density at radius 2 is 1.79 bits per heavy atom. The molecule has 0 radical (unpaired) electrons. The van der Waals surface area contributed by atoms with Crippen LogP contribution in [0.5, 0.6) is 11.6 Å². The van der Waals surface area contributed by atoms with Crippen LogP contribution >= 0.6 is 15.9 Å². The lowest BCUT2D eigenvalue weighted by molar-refractivity contribution is 0.454. The van der Waals surface area contributed by atoms with Crippen LogP contribution in [-0.4, -0.2) is 9.97 Å². The largest absolute Gasteiger partial charge is 0.436 e. The van der Waals surface area contributed by atoms with Gasteiger partial charge in [-0.1, -0.05) is 6.07 Å². The number of hydrogen-bond acceptors (Lipinski definition) is 7. The van der Waals surface area contributed by atoms with Crippen molar-refractivity contribution in [1.82, 2.24) is 9.97 Å². The SMILES string of the molecule is Cc1cc(C)c(Oc2nc(Nc3ccc(C#N)cc3)nc(N)c2Br)c(C#N)c1. The van der Waals surface area contributed by atoms with Gasteiger partial charge in [0.05, 0.1) is 17.2 Å². The van der Waals surface area contributed by atoms with E-state index in [0.717, 1.165) is 11.1 Å². The van der Waals surface area contributed by atoms with Crippen LogP contribution in [0.2, 0.25) is 0 Å². The van der Waals surface area contributed by atoms with Crippen molar-refractivity contribution in [2.24, 2.45) is 0 Å². The number of nitrogens with two attached hydrogens (primary N) is 1. The maximum absolute atomic E-state index is 9.43. The molecule has 0 saturated heterocycles. The summed E-state index contributed by atoms with van der Waals surface area (Å²) in [7, 11) is 0. The van der Waals surface area contributed by atoms with Gasteiger partial charge in [-0.2, -0.15) is 20.5 Å². The van der Waals surface area contributed by atoms with Gasteiger partial charge in [0, 0.05) is 5.69 Å². The summed E-state index contributed by atoms with van der Waals surface area (Å²) in [5.41, 5.74) is 9.39. The molecule has 7 nitrogen and oxygen atoms in total. The minimum atomic E-state index is 0.185. The highest BCUT2D eigenvalue weighted by Gasteiger charge is 2.16. The van der Waals surface area contributed by atoms with Crippen molar-refractivity contribution in [3.8, 4) is 23.8 Å². The lowest BCUT2D eigenvalue weighted by Crippen LogP contribution is -2.04. The van der Waals surface area contributed by atoms with E-state index in [4.69, 9.17) is 15.7 Å². The number of rotatable bonds is 4. The van der Waals surface area contributed by atoms with Gasteiger partial charge in [-0.3, -0.25) is 0 Å². The fourth-order valence-electron chi connectivity index (χ4n) is 2.59. The summed E-state index contributed by atoms with van der Waals surface area (Å²) in [6.45, 7) is 3.77. The highest BCUT2D eigenvalue weighted by molar-refractivity contribution is 9.10. The van der Waals surface area contributed by atoms with E-state index in [1.54, 1.807) is 30.3 Å². The Kier molecular flexibility index (Phi) is 5.44. The number of aromatic nitrogens is 2.